The molecule has 1 fully saturated rings. The maximum absolute atomic E-state index is 12.5. The minimum Gasteiger partial charge on any atom is -0.338 e. The van der Waals surface area contributed by atoms with E-state index in [1.54, 1.807) is 17.0 Å². The third-order valence-corrected chi connectivity index (χ3v) is 5.60. The van der Waals surface area contributed by atoms with Gasteiger partial charge in [0.2, 0.25) is 10.0 Å². The fourth-order valence-electron chi connectivity index (χ4n) is 2.70. The van der Waals surface area contributed by atoms with Gasteiger partial charge in [-0.1, -0.05) is 0 Å². The number of rotatable bonds is 4. The summed E-state index contributed by atoms with van der Waals surface area (Å²) in [6.07, 6.45) is 1.99. The summed E-state index contributed by atoms with van der Waals surface area (Å²) in [4.78, 5) is 14.5. The van der Waals surface area contributed by atoms with Crippen molar-refractivity contribution in [2.75, 3.05) is 20.1 Å². The van der Waals surface area contributed by atoms with E-state index in [0.717, 1.165) is 19.4 Å². The van der Waals surface area contributed by atoms with Gasteiger partial charge in [-0.15, -0.1) is 0 Å². The first kappa shape index (κ1) is 16.9. The van der Waals surface area contributed by atoms with E-state index in [4.69, 9.17) is 5.73 Å². The third-order valence-electron chi connectivity index (χ3n) is 4.17. The van der Waals surface area contributed by atoms with E-state index in [9.17, 15) is 13.2 Å². The highest BCUT2D eigenvalue weighted by Crippen LogP contribution is 2.21. The second-order valence-corrected chi connectivity index (χ2v) is 7.63. The molecule has 1 aliphatic heterocycles. The molecule has 0 radical (unpaired) electrons. The summed E-state index contributed by atoms with van der Waals surface area (Å²) in [5.41, 5.74) is 6.44. The smallest absolute Gasteiger partial charge is 0.253 e. The molecule has 1 aromatic rings. The topological polar surface area (TPSA) is 92.5 Å². The molecular weight excluding hydrogens is 302 g/mol. The summed E-state index contributed by atoms with van der Waals surface area (Å²) in [6, 6.07) is 6.08. The van der Waals surface area contributed by atoms with Gasteiger partial charge >= 0.3 is 0 Å². The SMILES string of the molecule is CNS(=O)(=O)c1ccc(C(=O)N2CCCC(C(C)N)C2)cc1. The van der Waals surface area contributed by atoms with Gasteiger partial charge in [-0.2, -0.15) is 0 Å². The summed E-state index contributed by atoms with van der Waals surface area (Å²) < 4.78 is 25.6. The number of sulfonamides is 1. The fourth-order valence-corrected chi connectivity index (χ4v) is 3.43. The van der Waals surface area contributed by atoms with Gasteiger partial charge in [-0.05, 0) is 57.0 Å². The number of likely N-dealkylation sites (tertiary alicyclic amines) is 1. The number of hydrogen-bond acceptors (Lipinski definition) is 4. The molecule has 3 N–H and O–H groups in total. The maximum atomic E-state index is 12.5. The van der Waals surface area contributed by atoms with Gasteiger partial charge in [0, 0.05) is 24.7 Å². The van der Waals surface area contributed by atoms with Crippen LogP contribution in [-0.2, 0) is 10.0 Å². The van der Waals surface area contributed by atoms with Crippen LogP contribution in [0.5, 0.6) is 0 Å². The van der Waals surface area contributed by atoms with Gasteiger partial charge in [0.15, 0.2) is 0 Å². The van der Waals surface area contributed by atoms with Crippen LogP contribution in [0.3, 0.4) is 0 Å². The summed E-state index contributed by atoms with van der Waals surface area (Å²) in [5.74, 6) is 0.250. The monoisotopic (exact) mass is 325 g/mol. The lowest BCUT2D eigenvalue weighted by Gasteiger charge is -2.34. The molecule has 122 valence electrons. The lowest BCUT2D eigenvalue weighted by Crippen LogP contribution is -2.45. The van der Waals surface area contributed by atoms with Gasteiger partial charge in [0.05, 0.1) is 4.90 Å². The van der Waals surface area contributed by atoms with Crippen molar-refractivity contribution in [3.8, 4) is 0 Å². The lowest BCUT2D eigenvalue weighted by atomic mass is 9.92. The molecule has 0 aliphatic carbocycles. The van der Waals surface area contributed by atoms with E-state index >= 15 is 0 Å². The number of nitrogens with zero attached hydrogens (tertiary/aromatic N) is 1. The molecule has 1 saturated heterocycles. The van der Waals surface area contributed by atoms with E-state index in [0.29, 0.717) is 18.0 Å². The van der Waals surface area contributed by atoms with Crippen LogP contribution in [0.15, 0.2) is 29.2 Å². The molecule has 22 heavy (non-hydrogen) atoms. The highest BCUT2D eigenvalue weighted by molar-refractivity contribution is 7.89. The van der Waals surface area contributed by atoms with Crippen molar-refractivity contribution < 1.29 is 13.2 Å². The van der Waals surface area contributed by atoms with Gasteiger partial charge in [0.25, 0.3) is 5.91 Å². The van der Waals surface area contributed by atoms with E-state index < -0.39 is 10.0 Å². The summed E-state index contributed by atoms with van der Waals surface area (Å²) in [5, 5.41) is 0. The molecule has 7 heteroatoms. The summed E-state index contributed by atoms with van der Waals surface area (Å²) in [6.45, 7) is 3.35. The fraction of sp³-hybridized carbons (Fsp3) is 0.533. The molecule has 1 heterocycles. The Morgan fingerprint density at radius 1 is 1.36 bits per heavy atom. The Morgan fingerprint density at radius 3 is 2.55 bits per heavy atom. The molecule has 0 bridgehead atoms. The standard InChI is InChI=1S/C15H23N3O3S/c1-11(16)13-4-3-9-18(10-13)15(19)12-5-7-14(8-6-12)22(20,21)17-2/h5-8,11,13,17H,3-4,9-10,16H2,1-2H3. The van der Waals surface area contributed by atoms with Crippen LogP contribution in [0.4, 0.5) is 0 Å². The molecule has 0 saturated carbocycles. The zero-order chi connectivity index (χ0) is 16.3. The first-order valence-electron chi connectivity index (χ1n) is 7.43. The Hall–Kier alpha value is -1.44. The first-order valence-corrected chi connectivity index (χ1v) is 8.92. The Labute approximate surface area is 131 Å². The second kappa shape index (κ2) is 6.76. The minimum absolute atomic E-state index is 0.0683. The summed E-state index contributed by atoms with van der Waals surface area (Å²) >= 11 is 0. The van der Waals surface area contributed by atoms with Gasteiger partial charge < -0.3 is 10.6 Å². The van der Waals surface area contributed by atoms with Crippen molar-refractivity contribution in [1.29, 1.82) is 0 Å². The lowest BCUT2D eigenvalue weighted by molar-refractivity contribution is 0.0661. The predicted octanol–water partition coefficient (Wildman–Crippen LogP) is 0.794. The highest BCUT2D eigenvalue weighted by Gasteiger charge is 2.26. The minimum atomic E-state index is -3.48. The van der Waals surface area contributed by atoms with Crippen LogP contribution in [0.1, 0.15) is 30.1 Å². The van der Waals surface area contributed by atoms with Gasteiger partial charge in [0.1, 0.15) is 0 Å². The number of benzene rings is 1. The maximum Gasteiger partial charge on any atom is 0.253 e. The Kier molecular flexibility index (Phi) is 5.20. The van der Waals surface area contributed by atoms with Crippen molar-refractivity contribution in [1.82, 2.24) is 9.62 Å². The van der Waals surface area contributed by atoms with Crippen molar-refractivity contribution in [2.45, 2.75) is 30.7 Å². The Balaban J connectivity index is 2.13. The van der Waals surface area contributed by atoms with Crippen molar-refractivity contribution in [3.63, 3.8) is 0 Å². The molecule has 2 unspecified atom stereocenters. The zero-order valence-electron chi connectivity index (χ0n) is 13.0. The van der Waals surface area contributed by atoms with Crippen molar-refractivity contribution in [2.24, 2.45) is 11.7 Å². The average Bonchev–Trinajstić information content (AvgIpc) is 2.54. The molecule has 0 spiro atoms. The predicted molar refractivity (Wildman–Crippen MR) is 85.0 cm³/mol. The van der Waals surface area contributed by atoms with E-state index in [1.165, 1.54) is 19.2 Å². The van der Waals surface area contributed by atoms with E-state index in [-0.39, 0.29) is 16.8 Å². The van der Waals surface area contributed by atoms with Crippen LogP contribution in [0, 0.1) is 5.92 Å². The number of nitrogens with one attached hydrogen (secondary N) is 1. The van der Waals surface area contributed by atoms with Crippen LogP contribution in [-0.4, -0.2) is 45.4 Å². The second-order valence-electron chi connectivity index (χ2n) is 5.74. The molecule has 0 aromatic heterocycles. The van der Waals surface area contributed by atoms with Crippen LogP contribution < -0.4 is 10.5 Å². The number of piperidine rings is 1. The molecule has 1 aliphatic rings. The Morgan fingerprint density at radius 2 is 2.00 bits per heavy atom. The summed E-state index contributed by atoms with van der Waals surface area (Å²) in [7, 11) is -2.12. The largest absolute Gasteiger partial charge is 0.338 e. The first-order chi connectivity index (χ1) is 10.3. The molecule has 2 rings (SSSR count). The van der Waals surface area contributed by atoms with Crippen LogP contribution in [0.2, 0.25) is 0 Å². The highest BCUT2D eigenvalue weighted by atomic mass is 32.2. The number of nitrogens with two attached hydrogens (primary N) is 1. The number of amides is 1. The zero-order valence-corrected chi connectivity index (χ0v) is 13.8. The van der Waals surface area contributed by atoms with E-state index in [1.807, 2.05) is 6.92 Å². The van der Waals surface area contributed by atoms with Crippen LogP contribution >= 0.6 is 0 Å². The number of carbonyl (C=O) groups excluding carboxylic acids is 1. The molecular formula is C15H23N3O3S. The molecule has 1 amide bonds. The molecule has 1 aromatic carbocycles. The number of hydrogen-bond donors (Lipinski definition) is 2. The molecule has 6 nitrogen and oxygen atoms in total. The van der Waals surface area contributed by atoms with Gasteiger partial charge in [-0.25, -0.2) is 13.1 Å². The van der Waals surface area contributed by atoms with Crippen molar-refractivity contribution in [3.05, 3.63) is 29.8 Å². The Bertz CT molecular complexity index is 626. The van der Waals surface area contributed by atoms with Crippen molar-refractivity contribution >= 4 is 15.9 Å². The van der Waals surface area contributed by atoms with Gasteiger partial charge in [-0.3, -0.25) is 4.79 Å². The van der Waals surface area contributed by atoms with Crippen LogP contribution in [0.25, 0.3) is 0 Å². The average molecular weight is 325 g/mol. The quantitative estimate of drug-likeness (QED) is 0.856. The number of carbonyl (C=O) groups is 1. The van der Waals surface area contributed by atoms with E-state index in [2.05, 4.69) is 4.72 Å². The molecule has 2 atom stereocenters. The normalized spacial score (nSPS) is 20.7. The third kappa shape index (κ3) is 3.66.